The van der Waals surface area contributed by atoms with E-state index in [2.05, 4.69) is 15.0 Å². The van der Waals surface area contributed by atoms with Crippen molar-refractivity contribution in [3.63, 3.8) is 0 Å². The molecule has 1 aliphatic heterocycles. The number of thiazole rings is 1. The first-order valence-electron chi connectivity index (χ1n) is 9.61. The summed E-state index contributed by atoms with van der Waals surface area (Å²) in [6, 6.07) is 7.71. The second kappa shape index (κ2) is 8.12. The summed E-state index contributed by atoms with van der Waals surface area (Å²) in [5.41, 5.74) is 1.95. The van der Waals surface area contributed by atoms with Gasteiger partial charge in [0.2, 0.25) is 5.91 Å². The number of carbonyl (C=O) groups is 1. The smallest absolute Gasteiger partial charge is 0.294 e. The van der Waals surface area contributed by atoms with Crippen molar-refractivity contribution in [2.45, 2.75) is 26.8 Å². The van der Waals surface area contributed by atoms with Gasteiger partial charge in [0, 0.05) is 36.9 Å². The van der Waals surface area contributed by atoms with Gasteiger partial charge in [0.05, 0.1) is 15.4 Å². The van der Waals surface area contributed by atoms with Gasteiger partial charge in [-0.3, -0.25) is 9.59 Å². The number of halogens is 1. The molecule has 3 aromatic rings. The van der Waals surface area contributed by atoms with Crippen molar-refractivity contribution in [1.82, 2.24) is 19.7 Å². The Hall–Kier alpha value is -2.45. The summed E-state index contributed by atoms with van der Waals surface area (Å²) >= 11 is 7.45. The standard InChI is InChI=1S/C20H22ClN5O2S/c1-3-16-22-18-19(29-16)13(2)23-26(20(18)28)12-17(27)25-10-8-24(9-11-25)15-6-4-14(21)5-7-15/h4-7H,3,8-12H2,1-2H3. The van der Waals surface area contributed by atoms with Crippen molar-refractivity contribution < 1.29 is 4.79 Å². The van der Waals surface area contributed by atoms with Gasteiger partial charge in [0.15, 0.2) is 5.52 Å². The van der Waals surface area contributed by atoms with Gasteiger partial charge in [-0.1, -0.05) is 18.5 Å². The van der Waals surface area contributed by atoms with Crippen LogP contribution >= 0.6 is 22.9 Å². The zero-order chi connectivity index (χ0) is 20.5. The second-order valence-corrected chi connectivity index (χ2v) is 8.55. The molecule has 2 aromatic heterocycles. The van der Waals surface area contributed by atoms with Gasteiger partial charge in [-0.15, -0.1) is 11.3 Å². The number of carbonyl (C=O) groups excluding carboxylic acids is 1. The number of anilines is 1. The van der Waals surface area contributed by atoms with Gasteiger partial charge >= 0.3 is 0 Å². The highest BCUT2D eigenvalue weighted by Crippen LogP contribution is 2.22. The molecular weight excluding hydrogens is 410 g/mol. The monoisotopic (exact) mass is 431 g/mol. The molecule has 0 radical (unpaired) electrons. The molecule has 29 heavy (non-hydrogen) atoms. The SMILES string of the molecule is CCc1nc2c(=O)n(CC(=O)N3CCN(c4ccc(Cl)cc4)CC3)nc(C)c2s1. The summed E-state index contributed by atoms with van der Waals surface area (Å²) < 4.78 is 2.07. The second-order valence-electron chi connectivity index (χ2n) is 7.03. The molecule has 0 bridgehead atoms. The molecule has 0 N–H and O–H groups in total. The number of piperazine rings is 1. The lowest BCUT2D eigenvalue weighted by Crippen LogP contribution is -2.50. The van der Waals surface area contributed by atoms with Crippen LogP contribution in [0.15, 0.2) is 29.1 Å². The predicted molar refractivity (Wildman–Crippen MR) is 116 cm³/mol. The molecule has 1 aromatic carbocycles. The van der Waals surface area contributed by atoms with Crippen LogP contribution in [0.5, 0.6) is 0 Å². The Kier molecular flexibility index (Phi) is 5.56. The van der Waals surface area contributed by atoms with E-state index < -0.39 is 0 Å². The van der Waals surface area contributed by atoms with Gasteiger partial charge in [-0.25, -0.2) is 9.67 Å². The van der Waals surface area contributed by atoms with Crippen molar-refractivity contribution in [1.29, 1.82) is 0 Å². The van der Waals surface area contributed by atoms with Crippen LogP contribution in [0.1, 0.15) is 17.6 Å². The Morgan fingerprint density at radius 2 is 1.86 bits per heavy atom. The van der Waals surface area contributed by atoms with Gasteiger partial charge in [0.1, 0.15) is 6.54 Å². The maximum atomic E-state index is 12.8. The third kappa shape index (κ3) is 4.00. The van der Waals surface area contributed by atoms with Crippen LogP contribution in [0.25, 0.3) is 10.2 Å². The Balaban J connectivity index is 1.45. The van der Waals surface area contributed by atoms with Crippen LogP contribution in [0.4, 0.5) is 5.69 Å². The van der Waals surface area contributed by atoms with Crippen molar-refractivity contribution in [2.75, 3.05) is 31.1 Å². The molecule has 1 saturated heterocycles. The van der Waals surface area contributed by atoms with E-state index in [0.29, 0.717) is 23.6 Å². The van der Waals surface area contributed by atoms with Crippen LogP contribution in [-0.4, -0.2) is 51.8 Å². The van der Waals surface area contributed by atoms with Crippen LogP contribution in [0.3, 0.4) is 0 Å². The maximum Gasteiger partial charge on any atom is 0.294 e. The van der Waals surface area contributed by atoms with E-state index in [4.69, 9.17) is 11.6 Å². The number of hydrogen-bond acceptors (Lipinski definition) is 6. The number of rotatable bonds is 4. The normalized spacial score (nSPS) is 14.6. The minimum atomic E-state index is -0.297. The first-order chi connectivity index (χ1) is 14.0. The first kappa shape index (κ1) is 19.8. The van der Waals surface area contributed by atoms with Crippen molar-refractivity contribution in [3.8, 4) is 0 Å². The third-order valence-corrected chi connectivity index (χ3v) is 6.68. The number of hydrogen-bond donors (Lipinski definition) is 0. The lowest BCUT2D eigenvalue weighted by molar-refractivity contribution is -0.132. The summed E-state index contributed by atoms with van der Waals surface area (Å²) in [6.07, 6.45) is 0.773. The van der Waals surface area contributed by atoms with Crippen LogP contribution in [-0.2, 0) is 17.8 Å². The zero-order valence-corrected chi connectivity index (χ0v) is 18.0. The van der Waals surface area contributed by atoms with E-state index in [1.165, 1.54) is 16.0 Å². The van der Waals surface area contributed by atoms with Gasteiger partial charge in [-0.2, -0.15) is 5.10 Å². The molecule has 0 aliphatic carbocycles. The van der Waals surface area contributed by atoms with Crippen molar-refractivity contribution in [2.24, 2.45) is 0 Å². The van der Waals surface area contributed by atoms with E-state index in [1.807, 2.05) is 38.1 Å². The van der Waals surface area contributed by atoms with Gasteiger partial charge in [0.25, 0.3) is 5.56 Å². The topological polar surface area (TPSA) is 71.3 Å². The largest absolute Gasteiger partial charge is 0.368 e. The summed E-state index contributed by atoms with van der Waals surface area (Å²) in [4.78, 5) is 34.0. The molecule has 0 saturated carbocycles. The minimum absolute atomic E-state index is 0.0600. The summed E-state index contributed by atoms with van der Waals surface area (Å²) in [5.74, 6) is -0.0972. The number of nitrogens with zero attached hydrogens (tertiary/aromatic N) is 5. The molecule has 1 aliphatic rings. The Labute approximate surface area is 177 Å². The molecule has 7 nitrogen and oxygen atoms in total. The number of amides is 1. The Morgan fingerprint density at radius 3 is 2.52 bits per heavy atom. The molecular formula is C20H22ClN5O2S. The molecule has 9 heteroatoms. The molecule has 4 rings (SSSR count). The van der Waals surface area contributed by atoms with Gasteiger partial charge < -0.3 is 9.80 Å². The van der Waals surface area contributed by atoms with E-state index in [9.17, 15) is 9.59 Å². The highest BCUT2D eigenvalue weighted by Gasteiger charge is 2.23. The van der Waals surface area contributed by atoms with Gasteiger partial charge in [-0.05, 0) is 37.6 Å². The number of fused-ring (bicyclic) bond motifs is 1. The third-order valence-electron chi connectivity index (χ3n) is 5.12. The number of aromatic nitrogens is 3. The molecule has 1 fully saturated rings. The predicted octanol–water partition coefficient (Wildman–Crippen LogP) is 2.73. The number of aryl methyl sites for hydroxylation is 2. The van der Waals surface area contributed by atoms with Crippen LogP contribution < -0.4 is 10.5 Å². The lowest BCUT2D eigenvalue weighted by atomic mass is 10.2. The summed E-state index contributed by atoms with van der Waals surface area (Å²) in [5, 5.41) is 5.97. The average molecular weight is 432 g/mol. The molecule has 0 unspecified atom stereocenters. The minimum Gasteiger partial charge on any atom is -0.368 e. The fourth-order valence-corrected chi connectivity index (χ4v) is 4.56. The molecule has 0 atom stereocenters. The Morgan fingerprint density at radius 1 is 1.17 bits per heavy atom. The van der Waals surface area contributed by atoms with Crippen LogP contribution in [0, 0.1) is 6.92 Å². The fourth-order valence-electron chi connectivity index (χ4n) is 3.50. The highest BCUT2D eigenvalue weighted by atomic mass is 35.5. The molecule has 1 amide bonds. The van der Waals surface area contributed by atoms with E-state index in [-0.39, 0.29) is 18.0 Å². The van der Waals surface area contributed by atoms with Crippen LogP contribution in [0.2, 0.25) is 5.02 Å². The zero-order valence-electron chi connectivity index (χ0n) is 16.4. The summed E-state index contributed by atoms with van der Waals surface area (Å²) in [6.45, 7) is 6.48. The van der Waals surface area contributed by atoms with E-state index in [1.54, 1.807) is 4.90 Å². The first-order valence-corrected chi connectivity index (χ1v) is 10.8. The van der Waals surface area contributed by atoms with E-state index >= 15 is 0 Å². The fraction of sp³-hybridized carbons (Fsp3) is 0.400. The highest BCUT2D eigenvalue weighted by molar-refractivity contribution is 7.18. The molecule has 152 valence electrons. The lowest BCUT2D eigenvalue weighted by Gasteiger charge is -2.36. The summed E-state index contributed by atoms with van der Waals surface area (Å²) in [7, 11) is 0. The van der Waals surface area contributed by atoms with E-state index in [0.717, 1.165) is 40.6 Å². The average Bonchev–Trinajstić information content (AvgIpc) is 3.18. The van der Waals surface area contributed by atoms with Crippen molar-refractivity contribution in [3.05, 3.63) is 50.3 Å². The Bertz CT molecular complexity index is 1100. The molecule has 3 heterocycles. The quantitative estimate of drug-likeness (QED) is 0.635. The number of benzene rings is 1. The maximum absolute atomic E-state index is 12.8. The van der Waals surface area contributed by atoms with Crippen molar-refractivity contribution >= 4 is 44.7 Å². The molecule has 0 spiro atoms.